The molecule has 0 saturated heterocycles. The summed E-state index contributed by atoms with van der Waals surface area (Å²) >= 11 is 4.67. The van der Waals surface area contributed by atoms with Crippen LogP contribution in [0.2, 0.25) is 0 Å². The molecule has 0 bridgehead atoms. The summed E-state index contributed by atoms with van der Waals surface area (Å²) in [4.78, 5) is 0. The molecule has 1 aromatic carbocycles. The quantitative estimate of drug-likeness (QED) is 0.450. The van der Waals surface area contributed by atoms with Gasteiger partial charge in [0.2, 0.25) is 0 Å². The summed E-state index contributed by atoms with van der Waals surface area (Å²) in [6.07, 6.45) is 0.833. The van der Waals surface area contributed by atoms with Crippen molar-refractivity contribution in [2.75, 3.05) is 0 Å². The normalized spacial score (nSPS) is 11.1. The molecular weight excluding hydrogens is 194 g/mol. The highest BCUT2D eigenvalue weighted by molar-refractivity contribution is 7.80. The third kappa shape index (κ3) is 3.14. The Morgan fingerprint density at radius 1 is 1.43 bits per heavy atom. The van der Waals surface area contributed by atoms with E-state index in [4.69, 9.17) is 5.73 Å². The van der Waals surface area contributed by atoms with Gasteiger partial charge in [-0.1, -0.05) is 37.3 Å². The number of nitrogens with zero attached hydrogens (tertiary/aromatic N) is 1. The van der Waals surface area contributed by atoms with Gasteiger partial charge in [-0.15, -0.1) is 0 Å². The van der Waals surface area contributed by atoms with Crippen LogP contribution in [0.3, 0.4) is 0 Å². The van der Waals surface area contributed by atoms with E-state index in [0.29, 0.717) is 0 Å². The van der Waals surface area contributed by atoms with Gasteiger partial charge in [0.15, 0.2) is 5.11 Å². The van der Waals surface area contributed by atoms with Gasteiger partial charge in [0.25, 0.3) is 0 Å². The van der Waals surface area contributed by atoms with Crippen LogP contribution in [0.4, 0.5) is 0 Å². The molecule has 0 atom stereocenters. The Balaban J connectivity index is 2.82. The summed E-state index contributed by atoms with van der Waals surface area (Å²) in [5.41, 5.74) is 9.90. The first-order valence-corrected chi connectivity index (χ1v) is 4.82. The van der Waals surface area contributed by atoms with E-state index < -0.39 is 0 Å². The third-order valence-corrected chi connectivity index (χ3v) is 1.83. The molecule has 0 aliphatic carbocycles. The molecule has 0 aliphatic heterocycles. The Hall–Kier alpha value is -1.42. The first-order valence-electron chi connectivity index (χ1n) is 4.41. The highest BCUT2D eigenvalue weighted by Crippen LogP contribution is 2.03. The van der Waals surface area contributed by atoms with Crippen LogP contribution in [0.15, 0.2) is 35.4 Å². The van der Waals surface area contributed by atoms with E-state index in [1.165, 1.54) is 0 Å². The fourth-order valence-electron chi connectivity index (χ4n) is 1.10. The number of nitrogens with one attached hydrogen (secondary N) is 1. The molecule has 0 fully saturated rings. The monoisotopic (exact) mass is 207 g/mol. The number of benzene rings is 1. The van der Waals surface area contributed by atoms with Crippen LogP contribution in [0.5, 0.6) is 0 Å². The van der Waals surface area contributed by atoms with E-state index in [9.17, 15) is 0 Å². The number of hydrogen-bond acceptors (Lipinski definition) is 2. The van der Waals surface area contributed by atoms with Gasteiger partial charge >= 0.3 is 0 Å². The molecule has 4 heteroatoms. The van der Waals surface area contributed by atoms with Crippen LogP contribution in [0.1, 0.15) is 18.9 Å². The molecule has 74 valence electrons. The van der Waals surface area contributed by atoms with Crippen molar-refractivity contribution >= 4 is 23.0 Å². The van der Waals surface area contributed by atoms with Crippen LogP contribution in [0.25, 0.3) is 0 Å². The lowest BCUT2D eigenvalue weighted by Crippen LogP contribution is -2.25. The van der Waals surface area contributed by atoms with Gasteiger partial charge < -0.3 is 5.73 Å². The summed E-state index contributed by atoms with van der Waals surface area (Å²) in [7, 11) is 0. The minimum Gasteiger partial charge on any atom is -0.375 e. The van der Waals surface area contributed by atoms with E-state index in [-0.39, 0.29) is 5.11 Å². The predicted octanol–water partition coefficient (Wildman–Crippen LogP) is 1.63. The van der Waals surface area contributed by atoms with Crippen LogP contribution >= 0.6 is 12.2 Å². The lowest BCUT2D eigenvalue weighted by Gasteiger charge is -2.03. The molecule has 0 radical (unpaired) electrons. The van der Waals surface area contributed by atoms with Gasteiger partial charge in [-0.25, -0.2) is 0 Å². The Morgan fingerprint density at radius 2 is 2.07 bits per heavy atom. The number of nitrogens with two attached hydrogens (primary N) is 1. The molecule has 14 heavy (non-hydrogen) atoms. The van der Waals surface area contributed by atoms with Crippen molar-refractivity contribution in [2.24, 2.45) is 10.8 Å². The predicted molar refractivity (Wildman–Crippen MR) is 63.2 cm³/mol. The second-order valence-electron chi connectivity index (χ2n) is 2.75. The molecule has 3 N–H and O–H groups in total. The fourth-order valence-corrected chi connectivity index (χ4v) is 1.15. The first kappa shape index (κ1) is 10.7. The number of hydrazone groups is 1. The Kier molecular flexibility index (Phi) is 4.07. The molecule has 1 rings (SSSR count). The zero-order valence-electron chi connectivity index (χ0n) is 8.03. The summed E-state index contributed by atoms with van der Waals surface area (Å²) < 4.78 is 0. The molecule has 0 aliphatic rings. The largest absolute Gasteiger partial charge is 0.375 e. The van der Waals surface area contributed by atoms with Gasteiger partial charge in [0.05, 0.1) is 5.71 Å². The molecule has 0 unspecified atom stereocenters. The zero-order valence-corrected chi connectivity index (χ0v) is 8.84. The van der Waals surface area contributed by atoms with Crippen LogP contribution in [-0.2, 0) is 0 Å². The minimum atomic E-state index is 0.187. The fraction of sp³-hybridized carbons (Fsp3) is 0.200. The molecule has 0 saturated carbocycles. The smallest absolute Gasteiger partial charge is 0.184 e. The number of thiocarbonyl (C=S) groups is 1. The van der Waals surface area contributed by atoms with E-state index in [1.807, 2.05) is 37.3 Å². The van der Waals surface area contributed by atoms with Gasteiger partial charge in [-0.3, -0.25) is 5.43 Å². The van der Waals surface area contributed by atoms with Crippen molar-refractivity contribution < 1.29 is 0 Å². The molecule has 1 aromatic rings. The minimum absolute atomic E-state index is 0.187. The molecule has 0 amide bonds. The Bertz CT molecular complexity index is 332. The number of rotatable bonds is 3. The molecule has 0 heterocycles. The summed E-state index contributed by atoms with van der Waals surface area (Å²) in [6, 6.07) is 9.92. The molecular formula is C10H13N3S. The van der Waals surface area contributed by atoms with E-state index >= 15 is 0 Å². The van der Waals surface area contributed by atoms with Gasteiger partial charge in [0, 0.05) is 0 Å². The topological polar surface area (TPSA) is 50.4 Å². The highest BCUT2D eigenvalue weighted by Gasteiger charge is 1.99. The molecule has 0 spiro atoms. The molecule has 0 aromatic heterocycles. The lowest BCUT2D eigenvalue weighted by molar-refractivity contribution is 1.01. The van der Waals surface area contributed by atoms with Crippen molar-refractivity contribution in [3.05, 3.63) is 35.9 Å². The lowest BCUT2D eigenvalue weighted by atomic mass is 10.1. The Labute approximate surface area is 89.0 Å². The maximum Gasteiger partial charge on any atom is 0.184 e. The first-order chi connectivity index (χ1) is 6.74. The van der Waals surface area contributed by atoms with Crippen molar-refractivity contribution in [1.29, 1.82) is 0 Å². The van der Waals surface area contributed by atoms with Crippen molar-refractivity contribution in [3.8, 4) is 0 Å². The second kappa shape index (κ2) is 5.34. The van der Waals surface area contributed by atoms with Gasteiger partial charge in [0.1, 0.15) is 0 Å². The second-order valence-corrected chi connectivity index (χ2v) is 3.19. The standard InChI is InChI=1S/C10H13N3S/c1-2-9(12-13-10(11)14)8-6-4-3-5-7-8/h3-7H,2H2,1H3,(H3,11,13,14)/b12-9+. The van der Waals surface area contributed by atoms with Crippen molar-refractivity contribution in [2.45, 2.75) is 13.3 Å². The van der Waals surface area contributed by atoms with Crippen LogP contribution < -0.4 is 11.2 Å². The van der Waals surface area contributed by atoms with Crippen LogP contribution in [0, 0.1) is 0 Å². The van der Waals surface area contributed by atoms with Crippen LogP contribution in [-0.4, -0.2) is 10.8 Å². The average Bonchev–Trinajstić information content (AvgIpc) is 2.20. The van der Waals surface area contributed by atoms with Crippen molar-refractivity contribution in [1.82, 2.24) is 5.43 Å². The van der Waals surface area contributed by atoms with E-state index in [0.717, 1.165) is 17.7 Å². The van der Waals surface area contributed by atoms with E-state index in [2.05, 4.69) is 22.7 Å². The van der Waals surface area contributed by atoms with E-state index in [1.54, 1.807) is 0 Å². The Morgan fingerprint density at radius 3 is 2.57 bits per heavy atom. The highest BCUT2D eigenvalue weighted by atomic mass is 32.1. The summed E-state index contributed by atoms with van der Waals surface area (Å²) in [6.45, 7) is 2.03. The maximum atomic E-state index is 5.29. The third-order valence-electron chi connectivity index (χ3n) is 1.74. The van der Waals surface area contributed by atoms with Gasteiger partial charge in [-0.2, -0.15) is 5.10 Å². The molecule has 3 nitrogen and oxygen atoms in total. The maximum absolute atomic E-state index is 5.29. The van der Waals surface area contributed by atoms with Gasteiger partial charge in [-0.05, 0) is 24.2 Å². The van der Waals surface area contributed by atoms with Crippen molar-refractivity contribution in [3.63, 3.8) is 0 Å². The summed E-state index contributed by atoms with van der Waals surface area (Å²) in [5, 5.41) is 4.30. The summed E-state index contributed by atoms with van der Waals surface area (Å²) in [5.74, 6) is 0. The zero-order chi connectivity index (χ0) is 10.4. The average molecular weight is 207 g/mol. The number of hydrogen-bond donors (Lipinski definition) is 2. The SMILES string of the molecule is CC/C(=N\NC(N)=S)c1ccccc1.